The van der Waals surface area contributed by atoms with Crippen LogP contribution in [0.1, 0.15) is 57.1 Å². The van der Waals surface area contributed by atoms with Gasteiger partial charge < -0.3 is 15.2 Å². The van der Waals surface area contributed by atoms with Crippen LogP contribution in [0.25, 0.3) is 0 Å². The van der Waals surface area contributed by atoms with E-state index in [0.717, 1.165) is 35.5 Å². The van der Waals surface area contributed by atoms with E-state index in [0.29, 0.717) is 28.5 Å². The number of nitrogens with zero attached hydrogens (tertiary/aromatic N) is 2. The molecule has 1 aliphatic heterocycles. The Bertz CT molecular complexity index is 1100. The number of ketones is 1. The second-order valence-corrected chi connectivity index (χ2v) is 10.4. The van der Waals surface area contributed by atoms with Crippen molar-refractivity contribution in [1.82, 2.24) is 9.97 Å². The van der Waals surface area contributed by atoms with Gasteiger partial charge in [0.1, 0.15) is 5.82 Å². The highest BCUT2D eigenvalue weighted by Gasteiger charge is 2.42. The average molecular weight is 439 g/mol. The third-order valence-corrected chi connectivity index (χ3v) is 6.97. The summed E-state index contributed by atoms with van der Waals surface area (Å²) in [6.45, 7) is 6.32. The lowest BCUT2D eigenvalue weighted by Gasteiger charge is -2.38. The molecule has 0 saturated heterocycles. The van der Waals surface area contributed by atoms with Gasteiger partial charge in [0.15, 0.2) is 10.9 Å². The van der Waals surface area contributed by atoms with E-state index in [1.807, 2.05) is 43.3 Å². The van der Waals surface area contributed by atoms with Gasteiger partial charge in [0.05, 0.1) is 5.56 Å². The van der Waals surface area contributed by atoms with Gasteiger partial charge in [-0.3, -0.25) is 9.59 Å². The Morgan fingerprint density at radius 2 is 1.87 bits per heavy atom. The Morgan fingerprint density at radius 1 is 1.16 bits per heavy atom. The van der Waals surface area contributed by atoms with Crippen molar-refractivity contribution in [2.75, 3.05) is 30.1 Å². The first-order valence-corrected chi connectivity index (χ1v) is 11.8. The van der Waals surface area contributed by atoms with Crippen LogP contribution in [0, 0.1) is 5.41 Å². The molecule has 31 heavy (non-hydrogen) atoms. The Labute approximate surface area is 187 Å². The fraction of sp³-hybridized carbons (Fsp3) is 0.458. The molecule has 164 valence electrons. The van der Waals surface area contributed by atoms with Crippen LogP contribution in [0.5, 0.6) is 0 Å². The van der Waals surface area contributed by atoms with Crippen molar-refractivity contribution in [2.24, 2.45) is 5.41 Å². The number of carbonyl (C=O) groups excluding carboxylic acids is 1. The number of aromatic nitrogens is 2. The molecule has 1 aliphatic carbocycles. The van der Waals surface area contributed by atoms with Crippen molar-refractivity contribution < 1.29 is 4.79 Å². The first-order valence-electron chi connectivity index (χ1n) is 10.8. The monoisotopic (exact) mass is 438 g/mol. The molecule has 0 fully saturated rings. The molecule has 1 atom stereocenters. The lowest BCUT2D eigenvalue weighted by atomic mass is 9.69. The summed E-state index contributed by atoms with van der Waals surface area (Å²) in [6, 6.07) is 8.10. The van der Waals surface area contributed by atoms with Crippen molar-refractivity contribution in [3.8, 4) is 0 Å². The van der Waals surface area contributed by atoms with E-state index >= 15 is 0 Å². The summed E-state index contributed by atoms with van der Waals surface area (Å²) in [5.41, 5.74) is 3.86. The normalized spacial score (nSPS) is 19.5. The zero-order valence-corrected chi connectivity index (χ0v) is 19.7. The van der Waals surface area contributed by atoms with Crippen LogP contribution in [-0.2, 0) is 4.79 Å². The van der Waals surface area contributed by atoms with E-state index in [4.69, 9.17) is 4.98 Å². The topological polar surface area (TPSA) is 78.1 Å². The number of carbonyl (C=O) groups is 1. The fourth-order valence-electron chi connectivity index (χ4n) is 4.46. The van der Waals surface area contributed by atoms with Crippen molar-refractivity contribution in [3.63, 3.8) is 0 Å². The van der Waals surface area contributed by atoms with Crippen LogP contribution in [0.3, 0.4) is 0 Å². The number of hydrogen-bond acceptors (Lipinski definition) is 6. The molecule has 1 aromatic heterocycles. The van der Waals surface area contributed by atoms with Crippen LogP contribution >= 0.6 is 11.8 Å². The summed E-state index contributed by atoms with van der Waals surface area (Å²) >= 11 is 1.54. The minimum Gasteiger partial charge on any atom is -0.378 e. The highest BCUT2D eigenvalue weighted by molar-refractivity contribution is 7.99. The van der Waals surface area contributed by atoms with Crippen LogP contribution in [-0.4, -0.2) is 35.6 Å². The zero-order chi connectivity index (χ0) is 22.3. The van der Waals surface area contributed by atoms with Crippen LogP contribution in [0.4, 0.5) is 11.5 Å². The summed E-state index contributed by atoms with van der Waals surface area (Å²) in [4.78, 5) is 36.2. The predicted molar refractivity (Wildman–Crippen MR) is 127 cm³/mol. The lowest BCUT2D eigenvalue weighted by molar-refractivity contribution is -0.118. The van der Waals surface area contributed by atoms with E-state index in [2.05, 4.69) is 31.1 Å². The van der Waals surface area contributed by atoms with Gasteiger partial charge in [-0.15, -0.1) is 0 Å². The lowest BCUT2D eigenvalue weighted by Crippen LogP contribution is -2.37. The smallest absolute Gasteiger partial charge is 0.257 e. The van der Waals surface area contributed by atoms with E-state index in [1.54, 1.807) is 11.8 Å². The largest absolute Gasteiger partial charge is 0.378 e. The number of thioether (sulfide) groups is 1. The fourth-order valence-corrected chi connectivity index (χ4v) is 5.18. The molecule has 2 aromatic rings. The molecule has 7 heteroatoms. The summed E-state index contributed by atoms with van der Waals surface area (Å²) in [6.07, 6.45) is 2.23. The van der Waals surface area contributed by atoms with Crippen LogP contribution in [0.15, 0.2) is 45.5 Å². The van der Waals surface area contributed by atoms with Gasteiger partial charge in [-0.25, -0.2) is 4.98 Å². The van der Waals surface area contributed by atoms with Crippen molar-refractivity contribution in [1.29, 1.82) is 0 Å². The molecule has 0 saturated carbocycles. The first-order chi connectivity index (χ1) is 14.7. The number of H-pyrrole nitrogens is 1. The summed E-state index contributed by atoms with van der Waals surface area (Å²) in [5, 5.41) is 3.99. The summed E-state index contributed by atoms with van der Waals surface area (Å²) < 4.78 is 0. The van der Waals surface area contributed by atoms with Gasteiger partial charge in [0.25, 0.3) is 5.56 Å². The highest BCUT2D eigenvalue weighted by Crippen LogP contribution is 2.47. The van der Waals surface area contributed by atoms with E-state index in [-0.39, 0.29) is 16.8 Å². The molecular weight excluding hydrogens is 408 g/mol. The minimum atomic E-state index is -0.410. The Morgan fingerprint density at radius 3 is 2.52 bits per heavy atom. The SMILES string of the molecule is CCCSc1nc2c(c(=O)[nH]1)[C@@H](c1ccc(N(C)C)cc1)C1=C(CC(C)(C)CC1=O)N2. The maximum absolute atomic E-state index is 13.3. The Balaban J connectivity index is 1.88. The van der Waals surface area contributed by atoms with Gasteiger partial charge in [0.2, 0.25) is 0 Å². The van der Waals surface area contributed by atoms with E-state index < -0.39 is 5.92 Å². The molecule has 2 heterocycles. The van der Waals surface area contributed by atoms with E-state index in [1.165, 1.54) is 0 Å². The number of Topliss-reactive ketones (excluding diaryl/α,β-unsaturated/α-hetero) is 1. The van der Waals surface area contributed by atoms with Gasteiger partial charge >= 0.3 is 0 Å². The molecule has 1 aromatic carbocycles. The third kappa shape index (κ3) is 4.15. The van der Waals surface area contributed by atoms with Gasteiger partial charge in [-0.2, -0.15) is 0 Å². The molecule has 0 spiro atoms. The van der Waals surface area contributed by atoms with E-state index in [9.17, 15) is 9.59 Å². The van der Waals surface area contributed by atoms with Crippen molar-refractivity contribution in [3.05, 3.63) is 57.0 Å². The third-order valence-electron chi connectivity index (χ3n) is 5.89. The van der Waals surface area contributed by atoms with Crippen molar-refractivity contribution >= 4 is 29.1 Å². The molecule has 0 bridgehead atoms. The predicted octanol–water partition coefficient (Wildman–Crippen LogP) is 4.54. The van der Waals surface area contributed by atoms with Gasteiger partial charge in [-0.1, -0.05) is 44.7 Å². The molecule has 4 rings (SSSR count). The molecule has 0 unspecified atom stereocenters. The van der Waals surface area contributed by atoms with Crippen LogP contribution in [0.2, 0.25) is 0 Å². The minimum absolute atomic E-state index is 0.106. The quantitative estimate of drug-likeness (QED) is 0.527. The number of allylic oxidation sites excluding steroid dienone is 2. The number of anilines is 2. The number of benzene rings is 1. The number of aromatic amines is 1. The second kappa shape index (κ2) is 8.19. The summed E-state index contributed by atoms with van der Waals surface area (Å²) in [5.74, 6) is 1.16. The highest BCUT2D eigenvalue weighted by atomic mass is 32.2. The standard InChI is InChI=1S/C24H30N4O2S/c1-6-11-31-23-26-21-20(22(30)27-23)18(14-7-9-15(10-8-14)28(4)5)19-16(25-21)12-24(2,3)13-17(19)29/h7-10,18H,6,11-13H2,1-5H3,(H2,25,26,27,30)/t18-/m0/s1. The number of nitrogens with one attached hydrogen (secondary N) is 2. The average Bonchev–Trinajstić information content (AvgIpc) is 2.69. The molecular formula is C24H30N4O2S. The second-order valence-electron chi connectivity index (χ2n) is 9.36. The molecule has 6 nitrogen and oxygen atoms in total. The number of hydrogen-bond donors (Lipinski definition) is 2. The number of rotatable bonds is 5. The maximum Gasteiger partial charge on any atom is 0.257 e. The maximum atomic E-state index is 13.3. The number of fused-ring (bicyclic) bond motifs is 1. The van der Waals surface area contributed by atoms with Gasteiger partial charge in [-0.05, 0) is 36.0 Å². The molecule has 2 aliphatic rings. The van der Waals surface area contributed by atoms with Crippen LogP contribution < -0.4 is 15.8 Å². The van der Waals surface area contributed by atoms with Crippen molar-refractivity contribution in [2.45, 2.75) is 51.1 Å². The summed E-state index contributed by atoms with van der Waals surface area (Å²) in [7, 11) is 3.98. The van der Waals surface area contributed by atoms with Gasteiger partial charge in [0, 0.05) is 49.1 Å². The zero-order valence-electron chi connectivity index (χ0n) is 18.8. The Hall–Kier alpha value is -2.54. The molecule has 0 amide bonds. The molecule has 2 N–H and O–H groups in total. The molecule has 0 radical (unpaired) electrons. The Kier molecular flexibility index (Phi) is 5.73. The first kappa shape index (κ1) is 21.7.